The van der Waals surface area contributed by atoms with Crippen molar-refractivity contribution >= 4 is 87.6 Å². The van der Waals surface area contributed by atoms with Crippen molar-refractivity contribution in [3.05, 3.63) is 151 Å². The largest absolute Gasteiger partial charge is 0.489 e. The molecule has 1 atom stereocenters. The molecular formula is C54H58Cl2N10O12S. The summed E-state index contributed by atoms with van der Waals surface area (Å²) in [5.74, 6) is 3.36. The lowest BCUT2D eigenvalue weighted by Gasteiger charge is -2.33. The Morgan fingerprint density at radius 2 is 1.49 bits per heavy atom. The maximum Gasteiger partial charge on any atom is 0.326 e. The first-order valence-corrected chi connectivity index (χ1v) is 26.8. The fourth-order valence-corrected chi connectivity index (χ4v) is 9.55. The van der Waals surface area contributed by atoms with Gasteiger partial charge >= 0.3 is 5.97 Å². The first-order chi connectivity index (χ1) is 38.1. The number of hydrazine groups is 1. The molecule has 0 fully saturated rings. The van der Waals surface area contributed by atoms with Crippen LogP contribution in [0.5, 0.6) is 5.75 Å². The number of carbonyl (C=O) groups excluding carboxylic acids is 5. The summed E-state index contributed by atoms with van der Waals surface area (Å²) in [4.78, 5) is 96.4. The van der Waals surface area contributed by atoms with Gasteiger partial charge in [0.15, 0.2) is 5.75 Å². The van der Waals surface area contributed by atoms with E-state index in [2.05, 4.69) is 20.7 Å². The third-order valence-corrected chi connectivity index (χ3v) is 13.8. The van der Waals surface area contributed by atoms with Gasteiger partial charge in [0.2, 0.25) is 11.8 Å². The lowest BCUT2D eigenvalue weighted by Crippen LogP contribution is -2.42. The standard InChI is InChI=1S/C54H58Cl2N10O12S/c1-63-53(72)47(34-13-11-33(12-14-34)27-40(54(73)74)62-51(70)48-38(55)29-59-30-39(48)56)42(31-61-63)78-26-25-77-24-23-76-22-21-75-20-19-66(58)50-37-9-5-6-10-41(37)65(32-35-7-3-4-8-36(35)49(50)57)45(68)15-17-60-44(67)16-18-64-46(69)28-43(79-2)52(64)71/h3-14,28-31,40H,15-27,32,57-58H2,1-2H3,(H,60,67)(H,62,70)(H,73,74)/b50-49-. The van der Waals surface area contributed by atoms with Crippen LogP contribution in [0.1, 0.15) is 45.5 Å². The van der Waals surface area contributed by atoms with Gasteiger partial charge in [-0.1, -0.05) is 89.9 Å². The maximum atomic E-state index is 14.0. The molecule has 25 heteroatoms. The number of rotatable bonds is 27. The zero-order valence-electron chi connectivity index (χ0n) is 43.2. The minimum atomic E-state index is -1.32. The Morgan fingerprint density at radius 3 is 2.16 bits per heavy atom. The van der Waals surface area contributed by atoms with Gasteiger partial charge in [0.1, 0.15) is 12.6 Å². The number of carboxylic acid groups (broad SMARTS) is 1. The molecule has 22 nitrogen and oxygen atoms in total. The number of hydrogen-bond acceptors (Lipinski definition) is 17. The van der Waals surface area contributed by atoms with Crippen LogP contribution >= 0.6 is 35.0 Å². The summed E-state index contributed by atoms with van der Waals surface area (Å²) in [6, 6.07) is 20.0. The van der Waals surface area contributed by atoms with Crippen LogP contribution in [0, 0.1) is 0 Å². The number of fused-ring (bicyclic) bond motifs is 2. The zero-order chi connectivity index (χ0) is 56.6. The molecular weight excluding hydrogens is 1080 g/mol. The number of amides is 5. The molecule has 0 aliphatic carbocycles. The van der Waals surface area contributed by atoms with E-state index in [1.54, 1.807) is 35.4 Å². The molecule has 4 heterocycles. The number of nitrogens with two attached hydrogens (primary N) is 2. The highest BCUT2D eigenvalue weighted by Gasteiger charge is 2.32. The number of hydrogen-bond donors (Lipinski definition) is 5. The number of imide groups is 1. The number of halogens is 2. The first-order valence-electron chi connectivity index (χ1n) is 24.8. The normalized spacial score (nSPS) is 14.4. The number of carboxylic acids is 1. The second-order valence-electron chi connectivity index (χ2n) is 17.7. The molecule has 1 unspecified atom stereocenters. The van der Waals surface area contributed by atoms with E-state index in [0.717, 1.165) is 10.5 Å². The third kappa shape index (κ3) is 15.1. The van der Waals surface area contributed by atoms with E-state index in [9.17, 15) is 38.7 Å². The molecule has 416 valence electrons. The van der Waals surface area contributed by atoms with Crippen molar-refractivity contribution in [2.24, 2.45) is 18.6 Å². The number of para-hydroxylation sites is 1. The van der Waals surface area contributed by atoms with E-state index < -0.39 is 41.2 Å². The SMILES string of the molecule is CSC1=CC(=O)N(CCC(=O)NCCC(=O)N2Cc3ccccc3/C(N)=C(/N(N)CCOCCOCCOCCOc3cnn(C)c(=O)c3-c3ccc(CC(NC(=O)c4c(Cl)cncc4Cl)C(=O)O)cc3)c3ccccc32)C1=O. The summed E-state index contributed by atoms with van der Waals surface area (Å²) in [6.45, 7) is 1.87. The van der Waals surface area contributed by atoms with Crippen molar-refractivity contribution < 1.29 is 52.8 Å². The Balaban J connectivity index is 0.837. The molecule has 79 heavy (non-hydrogen) atoms. The van der Waals surface area contributed by atoms with E-state index >= 15 is 0 Å². The third-order valence-electron chi connectivity index (χ3n) is 12.5. The van der Waals surface area contributed by atoms with Crippen LogP contribution in [0.3, 0.4) is 0 Å². The van der Waals surface area contributed by atoms with Crippen LogP contribution in [0.15, 0.2) is 107 Å². The van der Waals surface area contributed by atoms with Crippen LogP contribution in [0.25, 0.3) is 22.5 Å². The van der Waals surface area contributed by atoms with E-state index in [1.165, 1.54) is 53.2 Å². The molecule has 5 amide bonds. The van der Waals surface area contributed by atoms with Gasteiger partial charge in [0, 0.05) is 69.0 Å². The van der Waals surface area contributed by atoms with Crippen LogP contribution in [0.4, 0.5) is 5.69 Å². The summed E-state index contributed by atoms with van der Waals surface area (Å²) in [5, 5.41) is 20.6. The average Bonchev–Trinajstić information content (AvgIpc) is 3.77. The van der Waals surface area contributed by atoms with Crippen molar-refractivity contribution in [1.82, 2.24) is 35.3 Å². The fraction of sp³-hybridized carbons (Fsp3) is 0.315. The van der Waals surface area contributed by atoms with Gasteiger partial charge in [-0.2, -0.15) is 5.10 Å². The number of aryl methyl sites for hydroxylation is 1. The number of benzene rings is 3. The van der Waals surface area contributed by atoms with Gasteiger partial charge < -0.3 is 50.3 Å². The van der Waals surface area contributed by atoms with Gasteiger partial charge in [-0.15, -0.1) is 11.8 Å². The quantitative estimate of drug-likeness (QED) is 0.0215. The van der Waals surface area contributed by atoms with Gasteiger partial charge in [0.05, 0.1) is 102 Å². The van der Waals surface area contributed by atoms with E-state index in [4.69, 9.17) is 53.7 Å². The first kappa shape index (κ1) is 59.0. The minimum Gasteiger partial charge on any atom is -0.489 e. The fourth-order valence-electron chi connectivity index (χ4n) is 8.51. The Hall–Kier alpha value is -7.64. The summed E-state index contributed by atoms with van der Waals surface area (Å²) in [5.41, 5.74) is 11.3. The van der Waals surface area contributed by atoms with Crippen LogP contribution in [0.2, 0.25) is 10.0 Å². The van der Waals surface area contributed by atoms with Crippen LogP contribution in [-0.4, -0.2) is 143 Å². The number of aliphatic carboxylic acids is 1. The van der Waals surface area contributed by atoms with E-state index in [0.29, 0.717) is 44.2 Å². The minimum absolute atomic E-state index is 0.0278. The molecule has 7 N–H and O–H groups in total. The Kier molecular flexibility index (Phi) is 21.1. The number of aromatic nitrogens is 3. The van der Waals surface area contributed by atoms with E-state index in [1.807, 2.05) is 48.5 Å². The number of ether oxygens (including phenoxy) is 4. The molecule has 2 aromatic heterocycles. The smallest absolute Gasteiger partial charge is 0.326 e. The van der Waals surface area contributed by atoms with Gasteiger partial charge in [-0.25, -0.2) is 15.3 Å². The Labute approximate surface area is 468 Å². The maximum absolute atomic E-state index is 14.0. The molecule has 3 aromatic carbocycles. The summed E-state index contributed by atoms with van der Waals surface area (Å²) >= 11 is 13.3. The average molecular weight is 1140 g/mol. The summed E-state index contributed by atoms with van der Waals surface area (Å²) < 4.78 is 24.4. The number of anilines is 1. The number of pyridine rings is 1. The topological polar surface area (TPSA) is 293 Å². The van der Waals surface area contributed by atoms with Crippen LogP contribution < -0.4 is 37.4 Å². The summed E-state index contributed by atoms with van der Waals surface area (Å²) in [6.07, 6.45) is 6.62. The van der Waals surface area contributed by atoms with E-state index in [-0.39, 0.29) is 125 Å². The number of nitrogens with zero attached hydrogens (tertiary/aromatic N) is 6. The van der Waals surface area contributed by atoms with Crippen LogP contribution in [-0.2, 0) is 58.2 Å². The lowest BCUT2D eigenvalue weighted by atomic mass is 9.95. The summed E-state index contributed by atoms with van der Waals surface area (Å²) in [7, 11) is 1.50. The Bertz CT molecular complexity index is 3180. The Morgan fingerprint density at radius 1 is 0.848 bits per heavy atom. The second-order valence-corrected chi connectivity index (χ2v) is 19.4. The van der Waals surface area contributed by atoms with Gasteiger partial charge in [-0.05, 0) is 29.0 Å². The number of carbonyl (C=O) groups is 6. The predicted octanol–water partition coefficient (Wildman–Crippen LogP) is 4.02. The predicted molar refractivity (Wildman–Crippen MR) is 296 cm³/mol. The number of nitrogens with one attached hydrogen (secondary N) is 2. The highest BCUT2D eigenvalue weighted by molar-refractivity contribution is 8.03. The monoisotopic (exact) mass is 1140 g/mol. The molecule has 2 aliphatic rings. The van der Waals surface area contributed by atoms with Crippen molar-refractivity contribution in [3.63, 3.8) is 0 Å². The molecule has 7 rings (SSSR count). The molecule has 0 bridgehead atoms. The molecule has 5 aromatic rings. The molecule has 0 radical (unpaired) electrons. The van der Waals surface area contributed by atoms with Crippen molar-refractivity contribution in [2.75, 3.05) is 77.0 Å². The van der Waals surface area contributed by atoms with Gasteiger partial charge in [0.25, 0.3) is 23.3 Å². The lowest BCUT2D eigenvalue weighted by molar-refractivity contribution is -0.139. The highest BCUT2D eigenvalue weighted by Crippen LogP contribution is 2.37. The molecule has 0 spiro atoms. The number of thioether (sulfide) groups is 1. The van der Waals surface area contributed by atoms with Crippen molar-refractivity contribution in [1.29, 1.82) is 0 Å². The molecule has 2 aliphatic heterocycles. The highest BCUT2D eigenvalue weighted by atomic mass is 35.5. The van der Waals surface area contributed by atoms with Gasteiger partial charge in [-0.3, -0.25) is 38.7 Å². The zero-order valence-corrected chi connectivity index (χ0v) is 45.5. The van der Waals surface area contributed by atoms with Crippen molar-refractivity contribution in [3.8, 4) is 16.9 Å². The van der Waals surface area contributed by atoms with Crippen molar-refractivity contribution in [2.45, 2.75) is 31.8 Å². The molecule has 0 saturated heterocycles. The second kappa shape index (κ2) is 28.3. The molecule has 0 saturated carbocycles.